The van der Waals surface area contributed by atoms with Gasteiger partial charge in [-0.2, -0.15) is 0 Å². The van der Waals surface area contributed by atoms with E-state index in [1.54, 1.807) is 6.20 Å². The van der Waals surface area contributed by atoms with Gasteiger partial charge in [0, 0.05) is 6.20 Å². The van der Waals surface area contributed by atoms with Crippen molar-refractivity contribution in [1.29, 1.82) is 0 Å². The summed E-state index contributed by atoms with van der Waals surface area (Å²) >= 11 is 0. The Morgan fingerprint density at radius 2 is 2.33 bits per heavy atom. The third-order valence-corrected chi connectivity index (χ3v) is 2.58. The van der Waals surface area contributed by atoms with Crippen LogP contribution in [0.25, 0.3) is 0 Å². The lowest BCUT2D eigenvalue weighted by atomic mass is 10.0. The first-order valence-electron chi connectivity index (χ1n) is 5.64. The summed E-state index contributed by atoms with van der Waals surface area (Å²) in [4.78, 5) is 4.08. The van der Waals surface area contributed by atoms with Crippen LogP contribution >= 0.6 is 0 Å². The van der Waals surface area contributed by atoms with Crippen molar-refractivity contribution in [1.82, 2.24) is 10.3 Å². The molecule has 0 aliphatic rings. The molecule has 0 amide bonds. The first kappa shape index (κ1) is 12.0. The van der Waals surface area contributed by atoms with E-state index in [1.807, 2.05) is 6.07 Å². The number of aromatic nitrogens is 1. The molecule has 0 spiro atoms. The summed E-state index contributed by atoms with van der Waals surface area (Å²) in [6.45, 7) is 6.51. The van der Waals surface area contributed by atoms with Crippen LogP contribution < -0.4 is 11.1 Å². The number of hydrogen-bond acceptors (Lipinski definition) is 3. The van der Waals surface area contributed by atoms with Gasteiger partial charge < -0.3 is 11.1 Å². The van der Waals surface area contributed by atoms with Gasteiger partial charge >= 0.3 is 0 Å². The molecule has 1 rings (SSSR count). The first-order valence-corrected chi connectivity index (χ1v) is 5.64. The molecule has 0 fully saturated rings. The average Bonchev–Trinajstić information content (AvgIpc) is 2.25. The fourth-order valence-electron chi connectivity index (χ4n) is 1.56. The van der Waals surface area contributed by atoms with E-state index in [-0.39, 0.29) is 0 Å². The van der Waals surface area contributed by atoms with Crippen molar-refractivity contribution in [2.24, 2.45) is 5.92 Å². The number of nitrogens with zero attached hydrogens (tertiary/aromatic N) is 1. The molecule has 0 saturated heterocycles. The number of anilines is 1. The highest BCUT2D eigenvalue weighted by molar-refractivity contribution is 5.38. The first-order chi connectivity index (χ1) is 7.24. The molecule has 3 heteroatoms. The van der Waals surface area contributed by atoms with Gasteiger partial charge in [-0.25, -0.2) is 4.98 Å². The van der Waals surface area contributed by atoms with E-state index in [0.717, 1.165) is 25.9 Å². The molecule has 1 aromatic rings. The number of nitrogen functional groups attached to an aromatic ring is 1. The smallest absolute Gasteiger partial charge is 0.126 e. The highest BCUT2D eigenvalue weighted by Crippen LogP contribution is 2.13. The topological polar surface area (TPSA) is 50.9 Å². The maximum absolute atomic E-state index is 5.78. The molecular formula is C12H21N3. The SMILES string of the molecule is CCNCC(C)CCc1cccnc1N. The minimum atomic E-state index is 0.674. The van der Waals surface area contributed by atoms with Gasteiger partial charge in [-0.3, -0.25) is 0 Å². The zero-order valence-corrected chi connectivity index (χ0v) is 9.66. The van der Waals surface area contributed by atoms with Crippen molar-refractivity contribution >= 4 is 5.82 Å². The van der Waals surface area contributed by atoms with E-state index in [4.69, 9.17) is 5.73 Å². The van der Waals surface area contributed by atoms with Crippen molar-refractivity contribution < 1.29 is 0 Å². The summed E-state index contributed by atoms with van der Waals surface area (Å²) in [5.41, 5.74) is 6.95. The predicted molar refractivity (Wildman–Crippen MR) is 64.7 cm³/mol. The zero-order valence-electron chi connectivity index (χ0n) is 9.66. The second-order valence-corrected chi connectivity index (χ2v) is 4.00. The summed E-state index contributed by atoms with van der Waals surface area (Å²) in [5.74, 6) is 1.36. The predicted octanol–water partition coefficient (Wildman–Crippen LogP) is 1.84. The number of aryl methyl sites for hydroxylation is 1. The molecule has 1 aromatic heterocycles. The molecule has 0 bridgehead atoms. The van der Waals surface area contributed by atoms with E-state index in [9.17, 15) is 0 Å². The Morgan fingerprint density at radius 3 is 3.00 bits per heavy atom. The standard InChI is InChI=1S/C12H21N3/c1-3-14-9-10(2)6-7-11-5-4-8-15-12(11)13/h4-5,8,10,14H,3,6-7,9H2,1-2H3,(H2,13,15). The molecule has 1 heterocycles. The highest BCUT2D eigenvalue weighted by atomic mass is 14.8. The van der Waals surface area contributed by atoms with Crippen LogP contribution in [0.5, 0.6) is 0 Å². The van der Waals surface area contributed by atoms with Crippen molar-refractivity contribution in [2.45, 2.75) is 26.7 Å². The van der Waals surface area contributed by atoms with E-state index >= 15 is 0 Å². The summed E-state index contributed by atoms with van der Waals surface area (Å²) in [6, 6.07) is 4.00. The summed E-state index contributed by atoms with van der Waals surface area (Å²) in [5, 5.41) is 3.35. The van der Waals surface area contributed by atoms with Crippen LogP contribution in [0.1, 0.15) is 25.8 Å². The highest BCUT2D eigenvalue weighted by Gasteiger charge is 2.04. The lowest BCUT2D eigenvalue weighted by Gasteiger charge is -2.12. The van der Waals surface area contributed by atoms with Crippen molar-refractivity contribution in [2.75, 3.05) is 18.8 Å². The number of nitrogens with one attached hydrogen (secondary N) is 1. The number of rotatable bonds is 6. The minimum absolute atomic E-state index is 0.674. The van der Waals surface area contributed by atoms with Crippen LogP contribution in [0.15, 0.2) is 18.3 Å². The molecule has 0 aliphatic heterocycles. The maximum atomic E-state index is 5.78. The van der Waals surface area contributed by atoms with Crippen LogP contribution in [0.2, 0.25) is 0 Å². The zero-order chi connectivity index (χ0) is 11.1. The van der Waals surface area contributed by atoms with E-state index < -0.39 is 0 Å². The van der Waals surface area contributed by atoms with Crippen molar-refractivity contribution in [3.8, 4) is 0 Å². The minimum Gasteiger partial charge on any atom is -0.383 e. The summed E-state index contributed by atoms with van der Waals surface area (Å²) in [6.07, 6.45) is 3.91. The average molecular weight is 207 g/mol. The Balaban J connectivity index is 2.33. The van der Waals surface area contributed by atoms with E-state index in [0.29, 0.717) is 11.7 Å². The molecule has 3 N–H and O–H groups in total. The number of pyridine rings is 1. The van der Waals surface area contributed by atoms with Gasteiger partial charge in [0.05, 0.1) is 0 Å². The van der Waals surface area contributed by atoms with Crippen LogP contribution in [0.3, 0.4) is 0 Å². The van der Waals surface area contributed by atoms with Gasteiger partial charge in [-0.05, 0) is 43.5 Å². The van der Waals surface area contributed by atoms with E-state index in [2.05, 4.69) is 30.2 Å². The molecule has 3 nitrogen and oxygen atoms in total. The van der Waals surface area contributed by atoms with Gasteiger partial charge in [-0.15, -0.1) is 0 Å². The fourth-order valence-corrected chi connectivity index (χ4v) is 1.56. The third kappa shape index (κ3) is 4.30. The van der Waals surface area contributed by atoms with Gasteiger partial charge in [-0.1, -0.05) is 19.9 Å². The van der Waals surface area contributed by atoms with Gasteiger partial charge in [0.15, 0.2) is 0 Å². The van der Waals surface area contributed by atoms with Crippen LogP contribution in [-0.4, -0.2) is 18.1 Å². The van der Waals surface area contributed by atoms with E-state index in [1.165, 1.54) is 5.56 Å². The van der Waals surface area contributed by atoms with Crippen LogP contribution in [0.4, 0.5) is 5.82 Å². The van der Waals surface area contributed by atoms with Crippen LogP contribution in [-0.2, 0) is 6.42 Å². The molecule has 0 radical (unpaired) electrons. The third-order valence-electron chi connectivity index (χ3n) is 2.58. The molecule has 1 unspecified atom stereocenters. The maximum Gasteiger partial charge on any atom is 0.126 e. The number of hydrogen-bond donors (Lipinski definition) is 2. The van der Waals surface area contributed by atoms with Crippen LogP contribution in [0, 0.1) is 5.92 Å². The number of nitrogens with two attached hydrogens (primary N) is 1. The molecule has 1 atom stereocenters. The molecule has 0 aromatic carbocycles. The Kier molecular flexibility index (Phi) is 5.12. The molecule has 0 aliphatic carbocycles. The Bertz CT molecular complexity index is 286. The second-order valence-electron chi connectivity index (χ2n) is 4.00. The Labute approximate surface area is 92.1 Å². The largest absolute Gasteiger partial charge is 0.383 e. The normalized spacial score (nSPS) is 12.7. The fraction of sp³-hybridized carbons (Fsp3) is 0.583. The lowest BCUT2D eigenvalue weighted by Crippen LogP contribution is -2.21. The van der Waals surface area contributed by atoms with Gasteiger partial charge in [0.2, 0.25) is 0 Å². The molecular weight excluding hydrogens is 186 g/mol. The van der Waals surface area contributed by atoms with Crippen molar-refractivity contribution in [3.05, 3.63) is 23.9 Å². The summed E-state index contributed by atoms with van der Waals surface area (Å²) < 4.78 is 0. The molecule has 0 saturated carbocycles. The molecule has 15 heavy (non-hydrogen) atoms. The lowest BCUT2D eigenvalue weighted by molar-refractivity contribution is 0.489. The van der Waals surface area contributed by atoms with Gasteiger partial charge in [0.1, 0.15) is 5.82 Å². The molecule has 84 valence electrons. The van der Waals surface area contributed by atoms with Gasteiger partial charge in [0.25, 0.3) is 0 Å². The van der Waals surface area contributed by atoms with Crippen molar-refractivity contribution in [3.63, 3.8) is 0 Å². The monoisotopic (exact) mass is 207 g/mol. The summed E-state index contributed by atoms with van der Waals surface area (Å²) in [7, 11) is 0. The Hall–Kier alpha value is -1.09. The second kappa shape index (κ2) is 6.40. The Morgan fingerprint density at radius 1 is 1.53 bits per heavy atom. The quantitative estimate of drug-likeness (QED) is 0.748.